The van der Waals surface area contributed by atoms with E-state index in [-0.39, 0.29) is 11.3 Å². The highest BCUT2D eigenvalue weighted by Gasteiger charge is 2.37. The van der Waals surface area contributed by atoms with Gasteiger partial charge in [-0.3, -0.25) is 4.79 Å². The average molecular weight is 262 g/mol. The SMILES string of the molecule is COc1ccc(NC(=O)CC2(CN)CCC2)c(C)c1. The second kappa shape index (κ2) is 5.61. The van der Waals surface area contributed by atoms with Crippen molar-refractivity contribution >= 4 is 11.6 Å². The van der Waals surface area contributed by atoms with Crippen LogP contribution in [0.5, 0.6) is 5.75 Å². The highest BCUT2D eigenvalue weighted by Crippen LogP contribution is 2.43. The molecule has 0 atom stereocenters. The summed E-state index contributed by atoms with van der Waals surface area (Å²) in [5, 5.41) is 2.97. The van der Waals surface area contributed by atoms with Gasteiger partial charge in [-0.15, -0.1) is 0 Å². The molecule has 3 N–H and O–H groups in total. The molecule has 1 aromatic rings. The third-order valence-corrected chi connectivity index (χ3v) is 4.09. The Hall–Kier alpha value is -1.55. The van der Waals surface area contributed by atoms with Crippen LogP contribution >= 0.6 is 0 Å². The summed E-state index contributed by atoms with van der Waals surface area (Å²) in [4.78, 5) is 12.1. The lowest BCUT2D eigenvalue weighted by atomic mass is 9.66. The molecular weight excluding hydrogens is 240 g/mol. The van der Waals surface area contributed by atoms with E-state index in [2.05, 4.69) is 5.32 Å². The Morgan fingerprint density at radius 1 is 1.47 bits per heavy atom. The van der Waals surface area contributed by atoms with Crippen LogP contribution in [-0.4, -0.2) is 19.6 Å². The number of ether oxygens (including phenoxy) is 1. The first kappa shape index (κ1) is 13.9. The van der Waals surface area contributed by atoms with Crippen LogP contribution in [0.1, 0.15) is 31.2 Å². The van der Waals surface area contributed by atoms with Crippen LogP contribution < -0.4 is 15.8 Å². The Labute approximate surface area is 114 Å². The Balaban J connectivity index is 1.99. The Kier molecular flexibility index (Phi) is 4.10. The van der Waals surface area contributed by atoms with Crippen LogP contribution in [0.2, 0.25) is 0 Å². The number of hydrogen-bond acceptors (Lipinski definition) is 3. The molecule has 0 bridgehead atoms. The van der Waals surface area contributed by atoms with Gasteiger partial charge in [0.1, 0.15) is 5.75 Å². The smallest absolute Gasteiger partial charge is 0.224 e. The predicted octanol–water partition coefficient (Wildman–Crippen LogP) is 2.46. The molecule has 4 heteroatoms. The van der Waals surface area contributed by atoms with Gasteiger partial charge in [-0.25, -0.2) is 0 Å². The van der Waals surface area contributed by atoms with Crippen LogP contribution in [0.25, 0.3) is 0 Å². The van der Waals surface area contributed by atoms with Crippen molar-refractivity contribution in [2.75, 3.05) is 19.0 Å². The van der Waals surface area contributed by atoms with Crippen molar-refractivity contribution in [3.8, 4) is 5.75 Å². The van der Waals surface area contributed by atoms with Crippen molar-refractivity contribution in [3.63, 3.8) is 0 Å². The zero-order valence-electron chi connectivity index (χ0n) is 11.7. The number of hydrogen-bond donors (Lipinski definition) is 2. The number of methoxy groups -OCH3 is 1. The highest BCUT2D eigenvalue weighted by molar-refractivity contribution is 5.92. The largest absolute Gasteiger partial charge is 0.497 e. The summed E-state index contributed by atoms with van der Waals surface area (Å²) in [5.74, 6) is 0.853. The molecule has 1 amide bonds. The maximum absolute atomic E-state index is 12.1. The van der Waals surface area contributed by atoms with Crippen LogP contribution in [0.4, 0.5) is 5.69 Å². The minimum atomic E-state index is 0.0461. The maximum Gasteiger partial charge on any atom is 0.224 e. The van der Waals surface area contributed by atoms with E-state index in [1.165, 1.54) is 6.42 Å². The molecular formula is C15H22N2O2. The van der Waals surface area contributed by atoms with Gasteiger partial charge in [0.05, 0.1) is 7.11 Å². The fourth-order valence-corrected chi connectivity index (χ4v) is 2.57. The van der Waals surface area contributed by atoms with Gasteiger partial charge in [0, 0.05) is 12.1 Å². The summed E-state index contributed by atoms with van der Waals surface area (Å²) in [7, 11) is 1.63. The molecule has 104 valence electrons. The monoisotopic (exact) mass is 262 g/mol. The normalized spacial score (nSPS) is 16.6. The minimum Gasteiger partial charge on any atom is -0.497 e. The molecule has 1 aliphatic carbocycles. The minimum absolute atomic E-state index is 0.0461. The van der Waals surface area contributed by atoms with Gasteiger partial charge in [0.2, 0.25) is 5.91 Å². The number of nitrogens with two attached hydrogens (primary N) is 1. The highest BCUT2D eigenvalue weighted by atomic mass is 16.5. The van der Waals surface area contributed by atoms with Crippen molar-refractivity contribution < 1.29 is 9.53 Å². The molecule has 2 rings (SSSR count). The molecule has 19 heavy (non-hydrogen) atoms. The summed E-state index contributed by atoms with van der Waals surface area (Å²) in [6, 6.07) is 5.64. The topological polar surface area (TPSA) is 64.3 Å². The van der Waals surface area contributed by atoms with Crippen molar-refractivity contribution in [1.29, 1.82) is 0 Å². The predicted molar refractivity (Wildman–Crippen MR) is 76.3 cm³/mol. The molecule has 0 spiro atoms. The zero-order valence-corrected chi connectivity index (χ0v) is 11.7. The molecule has 1 aliphatic rings. The van der Waals surface area contributed by atoms with E-state index in [9.17, 15) is 4.79 Å². The van der Waals surface area contributed by atoms with Crippen LogP contribution in [0.15, 0.2) is 18.2 Å². The molecule has 0 heterocycles. The first-order valence-corrected chi connectivity index (χ1v) is 6.73. The Morgan fingerprint density at radius 2 is 2.21 bits per heavy atom. The summed E-state index contributed by atoms with van der Waals surface area (Å²) >= 11 is 0. The molecule has 0 aliphatic heterocycles. The van der Waals surface area contributed by atoms with E-state index in [1.54, 1.807) is 7.11 Å². The molecule has 1 fully saturated rings. The van der Waals surface area contributed by atoms with E-state index in [1.807, 2.05) is 25.1 Å². The fraction of sp³-hybridized carbons (Fsp3) is 0.533. The van der Waals surface area contributed by atoms with Gasteiger partial charge in [-0.05, 0) is 55.5 Å². The van der Waals surface area contributed by atoms with Gasteiger partial charge in [0.15, 0.2) is 0 Å². The maximum atomic E-state index is 12.1. The number of nitrogens with one attached hydrogen (secondary N) is 1. The average Bonchev–Trinajstić information content (AvgIpc) is 2.36. The summed E-state index contributed by atoms with van der Waals surface area (Å²) < 4.78 is 5.15. The second-order valence-corrected chi connectivity index (χ2v) is 5.46. The lowest BCUT2D eigenvalue weighted by Crippen LogP contribution is -2.40. The van der Waals surface area contributed by atoms with Gasteiger partial charge in [-0.1, -0.05) is 6.42 Å². The van der Waals surface area contributed by atoms with Gasteiger partial charge < -0.3 is 15.8 Å². The Morgan fingerprint density at radius 3 is 2.68 bits per heavy atom. The number of rotatable bonds is 5. The van der Waals surface area contributed by atoms with E-state index in [0.717, 1.165) is 29.8 Å². The summed E-state index contributed by atoms with van der Waals surface area (Å²) in [5.41, 5.74) is 7.68. The Bertz CT molecular complexity index is 462. The van der Waals surface area contributed by atoms with Crippen molar-refractivity contribution in [2.45, 2.75) is 32.6 Å². The zero-order chi connectivity index (χ0) is 13.9. The lowest BCUT2D eigenvalue weighted by Gasteiger charge is -2.40. The number of benzene rings is 1. The molecule has 1 aromatic carbocycles. The van der Waals surface area contributed by atoms with Crippen LogP contribution in [0, 0.1) is 12.3 Å². The fourth-order valence-electron chi connectivity index (χ4n) is 2.57. The van der Waals surface area contributed by atoms with E-state index < -0.39 is 0 Å². The number of amides is 1. The second-order valence-electron chi connectivity index (χ2n) is 5.46. The standard InChI is InChI=1S/C15H22N2O2/c1-11-8-12(19-2)4-5-13(11)17-14(18)9-15(10-16)6-3-7-15/h4-5,8H,3,6-7,9-10,16H2,1-2H3,(H,17,18). The molecule has 0 aromatic heterocycles. The van der Waals surface area contributed by atoms with Gasteiger partial charge in [-0.2, -0.15) is 0 Å². The van der Waals surface area contributed by atoms with E-state index >= 15 is 0 Å². The van der Waals surface area contributed by atoms with Crippen LogP contribution in [-0.2, 0) is 4.79 Å². The van der Waals surface area contributed by atoms with Gasteiger partial charge in [0.25, 0.3) is 0 Å². The van der Waals surface area contributed by atoms with E-state index in [0.29, 0.717) is 13.0 Å². The van der Waals surface area contributed by atoms with Crippen molar-refractivity contribution in [3.05, 3.63) is 23.8 Å². The summed E-state index contributed by atoms with van der Waals surface area (Å²) in [6.07, 6.45) is 3.85. The molecule has 0 saturated heterocycles. The number of carbonyl (C=O) groups is 1. The third-order valence-electron chi connectivity index (χ3n) is 4.09. The molecule has 0 unspecified atom stereocenters. The quantitative estimate of drug-likeness (QED) is 0.856. The molecule has 1 saturated carbocycles. The van der Waals surface area contributed by atoms with Crippen LogP contribution in [0.3, 0.4) is 0 Å². The number of carbonyl (C=O) groups excluding carboxylic acids is 1. The van der Waals surface area contributed by atoms with E-state index in [4.69, 9.17) is 10.5 Å². The van der Waals surface area contributed by atoms with Crippen molar-refractivity contribution in [2.24, 2.45) is 11.1 Å². The van der Waals surface area contributed by atoms with Gasteiger partial charge >= 0.3 is 0 Å². The first-order valence-electron chi connectivity index (χ1n) is 6.73. The summed E-state index contributed by atoms with van der Waals surface area (Å²) in [6.45, 7) is 2.56. The number of anilines is 1. The lowest BCUT2D eigenvalue weighted by molar-refractivity contribution is -0.119. The first-order chi connectivity index (χ1) is 9.08. The van der Waals surface area contributed by atoms with Crippen molar-refractivity contribution in [1.82, 2.24) is 0 Å². The number of aryl methyl sites for hydroxylation is 1. The third kappa shape index (κ3) is 3.07. The molecule has 4 nitrogen and oxygen atoms in total. The molecule has 0 radical (unpaired) electrons.